The molecule has 2 rings (SSSR count). The van der Waals surface area contributed by atoms with Crippen LogP contribution in [0, 0.1) is 0 Å². The fourth-order valence-corrected chi connectivity index (χ4v) is 1.42. The summed E-state index contributed by atoms with van der Waals surface area (Å²) in [6, 6.07) is 3.51. The Morgan fingerprint density at radius 1 is 1.38 bits per heavy atom. The zero-order chi connectivity index (χ0) is 9.26. The first-order valence-corrected chi connectivity index (χ1v) is 4.74. The number of imidazole rings is 1. The third-order valence-corrected chi connectivity index (χ3v) is 2.17. The maximum Gasteiger partial charge on any atom is 0.139 e. The van der Waals surface area contributed by atoms with Crippen LogP contribution in [0.15, 0.2) is 35.5 Å². The molecule has 0 fully saturated rings. The lowest BCUT2D eigenvalue weighted by atomic mass is 10.4. The van der Waals surface area contributed by atoms with Gasteiger partial charge in [-0.15, -0.1) is 0 Å². The standard InChI is InChI=1S/C8H5BrClN3/c9-7-4-13(5-12-7)8-3-6(10)1-2-11-8/h1-5H. The van der Waals surface area contributed by atoms with Crippen LogP contribution < -0.4 is 0 Å². The van der Waals surface area contributed by atoms with Gasteiger partial charge in [-0.1, -0.05) is 11.6 Å². The van der Waals surface area contributed by atoms with Crippen LogP contribution in [-0.4, -0.2) is 14.5 Å². The van der Waals surface area contributed by atoms with Gasteiger partial charge in [-0.3, -0.25) is 4.57 Å². The van der Waals surface area contributed by atoms with Crippen molar-refractivity contribution in [3.05, 3.63) is 40.5 Å². The maximum atomic E-state index is 5.82. The molecule has 0 saturated carbocycles. The smallest absolute Gasteiger partial charge is 0.139 e. The van der Waals surface area contributed by atoms with Gasteiger partial charge in [-0.25, -0.2) is 9.97 Å². The molecule has 0 unspecified atom stereocenters. The molecule has 0 bridgehead atoms. The van der Waals surface area contributed by atoms with Crippen molar-refractivity contribution in [3.63, 3.8) is 0 Å². The van der Waals surface area contributed by atoms with Gasteiger partial charge in [0.2, 0.25) is 0 Å². The van der Waals surface area contributed by atoms with E-state index in [9.17, 15) is 0 Å². The zero-order valence-electron chi connectivity index (χ0n) is 6.48. The summed E-state index contributed by atoms with van der Waals surface area (Å²) in [5.41, 5.74) is 0. The number of rotatable bonds is 1. The SMILES string of the molecule is Clc1ccnc(-n2cnc(Br)c2)c1. The Hall–Kier alpha value is -0.870. The van der Waals surface area contributed by atoms with Crippen molar-refractivity contribution >= 4 is 27.5 Å². The van der Waals surface area contributed by atoms with Crippen LogP contribution in [0.2, 0.25) is 5.02 Å². The van der Waals surface area contributed by atoms with E-state index in [0.717, 1.165) is 10.4 Å². The number of halogens is 2. The molecule has 0 radical (unpaired) electrons. The van der Waals surface area contributed by atoms with E-state index in [1.165, 1.54) is 0 Å². The summed E-state index contributed by atoms with van der Waals surface area (Å²) >= 11 is 9.07. The monoisotopic (exact) mass is 257 g/mol. The van der Waals surface area contributed by atoms with E-state index in [1.807, 2.05) is 6.20 Å². The fraction of sp³-hybridized carbons (Fsp3) is 0. The lowest BCUT2D eigenvalue weighted by Gasteiger charge is -1.99. The molecule has 0 aliphatic rings. The topological polar surface area (TPSA) is 30.7 Å². The number of nitrogens with zero attached hydrogens (tertiary/aromatic N) is 3. The second-order valence-corrected chi connectivity index (χ2v) is 3.68. The van der Waals surface area contributed by atoms with Crippen LogP contribution in [0.4, 0.5) is 0 Å². The first-order valence-electron chi connectivity index (χ1n) is 3.57. The maximum absolute atomic E-state index is 5.82. The summed E-state index contributed by atoms with van der Waals surface area (Å²) < 4.78 is 2.56. The number of aromatic nitrogens is 3. The molecule has 0 spiro atoms. The van der Waals surface area contributed by atoms with Gasteiger partial charge in [-0.2, -0.15) is 0 Å². The van der Waals surface area contributed by atoms with Gasteiger partial charge < -0.3 is 0 Å². The minimum Gasteiger partial charge on any atom is -0.289 e. The lowest BCUT2D eigenvalue weighted by Crippen LogP contribution is -1.92. The van der Waals surface area contributed by atoms with Crippen LogP contribution in [0.25, 0.3) is 5.82 Å². The van der Waals surface area contributed by atoms with E-state index in [1.54, 1.807) is 29.2 Å². The molecule has 3 nitrogen and oxygen atoms in total. The summed E-state index contributed by atoms with van der Waals surface area (Å²) in [7, 11) is 0. The van der Waals surface area contributed by atoms with E-state index in [-0.39, 0.29) is 0 Å². The highest BCUT2D eigenvalue weighted by molar-refractivity contribution is 9.10. The molecule has 0 amide bonds. The zero-order valence-corrected chi connectivity index (χ0v) is 8.83. The molecular weight excluding hydrogens is 253 g/mol. The van der Waals surface area contributed by atoms with Crippen molar-refractivity contribution < 1.29 is 0 Å². The molecular formula is C8H5BrClN3. The van der Waals surface area contributed by atoms with Crippen LogP contribution in [0.5, 0.6) is 0 Å². The third kappa shape index (κ3) is 1.89. The van der Waals surface area contributed by atoms with E-state index >= 15 is 0 Å². The molecule has 0 aromatic carbocycles. The fourth-order valence-electron chi connectivity index (χ4n) is 0.959. The van der Waals surface area contributed by atoms with E-state index in [0.29, 0.717) is 5.02 Å². The summed E-state index contributed by atoms with van der Waals surface area (Å²) in [6.45, 7) is 0. The van der Waals surface area contributed by atoms with Crippen molar-refractivity contribution in [2.24, 2.45) is 0 Å². The number of hydrogen-bond acceptors (Lipinski definition) is 2. The van der Waals surface area contributed by atoms with Gasteiger partial charge >= 0.3 is 0 Å². The van der Waals surface area contributed by atoms with Crippen molar-refractivity contribution in [2.45, 2.75) is 0 Å². The average molecular weight is 259 g/mol. The summed E-state index contributed by atoms with van der Waals surface area (Å²) in [5, 5.41) is 0.662. The van der Waals surface area contributed by atoms with E-state index in [2.05, 4.69) is 25.9 Å². The van der Waals surface area contributed by atoms with Crippen molar-refractivity contribution in [2.75, 3.05) is 0 Å². The van der Waals surface area contributed by atoms with Gasteiger partial charge in [0.05, 0.1) is 0 Å². The predicted molar refractivity (Wildman–Crippen MR) is 54.1 cm³/mol. The average Bonchev–Trinajstić information content (AvgIpc) is 2.52. The largest absolute Gasteiger partial charge is 0.289 e. The predicted octanol–water partition coefficient (Wildman–Crippen LogP) is 2.68. The Labute approximate surface area is 88.5 Å². The molecule has 0 aliphatic heterocycles. The van der Waals surface area contributed by atoms with Gasteiger partial charge in [0.1, 0.15) is 16.7 Å². The lowest BCUT2D eigenvalue weighted by molar-refractivity contribution is 0.993. The highest BCUT2D eigenvalue weighted by Gasteiger charge is 1.99. The van der Waals surface area contributed by atoms with Crippen LogP contribution >= 0.6 is 27.5 Å². The van der Waals surface area contributed by atoms with Gasteiger partial charge in [-0.05, 0) is 22.0 Å². The summed E-state index contributed by atoms with van der Waals surface area (Å²) in [5.74, 6) is 0.755. The minimum absolute atomic E-state index is 0.662. The first kappa shape index (κ1) is 8.72. The van der Waals surface area contributed by atoms with Crippen LogP contribution in [-0.2, 0) is 0 Å². The molecule has 5 heteroatoms. The summed E-state index contributed by atoms with van der Waals surface area (Å²) in [6.07, 6.45) is 5.15. The second kappa shape index (κ2) is 3.47. The van der Waals surface area contributed by atoms with Crippen molar-refractivity contribution in [3.8, 4) is 5.82 Å². The molecule has 0 atom stereocenters. The van der Waals surface area contributed by atoms with E-state index < -0.39 is 0 Å². The van der Waals surface area contributed by atoms with E-state index in [4.69, 9.17) is 11.6 Å². The third-order valence-electron chi connectivity index (χ3n) is 1.52. The molecule has 0 N–H and O–H groups in total. The summed E-state index contributed by atoms with van der Waals surface area (Å²) in [4.78, 5) is 8.16. The molecule has 0 saturated heterocycles. The molecule has 66 valence electrons. The molecule has 13 heavy (non-hydrogen) atoms. The number of pyridine rings is 1. The van der Waals surface area contributed by atoms with Crippen molar-refractivity contribution in [1.82, 2.24) is 14.5 Å². The quantitative estimate of drug-likeness (QED) is 0.787. The second-order valence-electron chi connectivity index (χ2n) is 2.44. The van der Waals surface area contributed by atoms with Gasteiger partial charge in [0.15, 0.2) is 0 Å². The highest BCUT2D eigenvalue weighted by Crippen LogP contribution is 2.13. The first-order chi connectivity index (χ1) is 6.25. The van der Waals surface area contributed by atoms with Crippen molar-refractivity contribution in [1.29, 1.82) is 0 Å². The van der Waals surface area contributed by atoms with Gasteiger partial charge in [0.25, 0.3) is 0 Å². The Balaban J connectivity index is 2.46. The Morgan fingerprint density at radius 3 is 2.85 bits per heavy atom. The normalized spacial score (nSPS) is 10.3. The minimum atomic E-state index is 0.662. The Bertz CT molecular complexity index is 427. The Kier molecular flexibility index (Phi) is 2.33. The molecule has 2 heterocycles. The highest BCUT2D eigenvalue weighted by atomic mass is 79.9. The molecule has 0 aliphatic carbocycles. The molecule has 2 aromatic heterocycles. The molecule has 2 aromatic rings. The number of hydrogen-bond donors (Lipinski definition) is 0. The van der Waals surface area contributed by atoms with Crippen LogP contribution in [0.1, 0.15) is 0 Å². The van der Waals surface area contributed by atoms with Crippen LogP contribution in [0.3, 0.4) is 0 Å². The van der Waals surface area contributed by atoms with Gasteiger partial charge in [0, 0.05) is 23.5 Å². The Morgan fingerprint density at radius 2 is 2.23 bits per heavy atom.